The number of hydrogen-bond acceptors (Lipinski definition) is 2. The summed E-state index contributed by atoms with van der Waals surface area (Å²) in [6.45, 7) is 3.07. The van der Waals surface area contributed by atoms with Crippen LogP contribution in [0.5, 0.6) is 0 Å². The Morgan fingerprint density at radius 1 is 1.47 bits per heavy atom. The first-order chi connectivity index (χ1) is 8.04. The van der Waals surface area contributed by atoms with Crippen molar-refractivity contribution in [2.24, 2.45) is 0 Å². The first-order valence-corrected chi connectivity index (χ1v) is 7.86. The summed E-state index contributed by atoms with van der Waals surface area (Å²) in [7, 11) is 2.11. The second-order valence-corrected chi connectivity index (χ2v) is 6.12. The third-order valence-electron chi connectivity index (χ3n) is 2.93. The summed E-state index contributed by atoms with van der Waals surface area (Å²) in [6, 6.07) is 5.42. The third-order valence-corrected chi connectivity index (χ3v) is 4.31. The lowest BCUT2D eigenvalue weighted by Crippen LogP contribution is -2.29. The van der Waals surface area contributed by atoms with Crippen LogP contribution in [0.25, 0.3) is 0 Å². The quantitative estimate of drug-likeness (QED) is 0.774. The Labute approximate surface area is 116 Å². The van der Waals surface area contributed by atoms with E-state index in [9.17, 15) is 4.39 Å². The van der Waals surface area contributed by atoms with Gasteiger partial charge < -0.3 is 0 Å². The van der Waals surface area contributed by atoms with Gasteiger partial charge in [0.1, 0.15) is 5.82 Å². The van der Waals surface area contributed by atoms with Crippen molar-refractivity contribution < 1.29 is 4.39 Å². The number of benzene rings is 1. The summed E-state index contributed by atoms with van der Waals surface area (Å²) in [5.74, 6) is 0.981. The van der Waals surface area contributed by atoms with Crippen LogP contribution in [0.3, 0.4) is 0 Å². The lowest BCUT2D eigenvalue weighted by molar-refractivity contribution is 0.244. The fourth-order valence-corrected chi connectivity index (χ4v) is 2.64. The van der Waals surface area contributed by atoms with Crippen LogP contribution in [-0.2, 0) is 6.54 Å². The molecule has 4 heteroatoms. The second-order valence-electron chi connectivity index (χ2n) is 4.28. The van der Waals surface area contributed by atoms with Gasteiger partial charge in [-0.05, 0) is 50.1 Å². The van der Waals surface area contributed by atoms with E-state index in [1.165, 1.54) is 24.3 Å². The molecule has 17 heavy (non-hydrogen) atoms. The summed E-state index contributed by atoms with van der Waals surface area (Å²) in [5, 5.41) is 0. The van der Waals surface area contributed by atoms with Gasteiger partial charge in [-0.15, -0.1) is 0 Å². The zero-order chi connectivity index (χ0) is 12.8. The van der Waals surface area contributed by atoms with Crippen LogP contribution in [-0.4, -0.2) is 30.0 Å². The van der Waals surface area contributed by atoms with Crippen molar-refractivity contribution in [3.05, 3.63) is 34.1 Å². The summed E-state index contributed by atoms with van der Waals surface area (Å²) < 4.78 is 13.8. The minimum absolute atomic E-state index is 0.196. The van der Waals surface area contributed by atoms with Crippen LogP contribution in [0.4, 0.5) is 4.39 Å². The largest absolute Gasteiger partial charge is 0.299 e. The zero-order valence-corrected chi connectivity index (χ0v) is 12.9. The van der Waals surface area contributed by atoms with Crippen LogP contribution in [0.15, 0.2) is 22.7 Å². The lowest BCUT2D eigenvalue weighted by atomic mass is 10.1. The van der Waals surface area contributed by atoms with Gasteiger partial charge in [0.2, 0.25) is 0 Å². The third kappa shape index (κ3) is 4.98. The highest BCUT2D eigenvalue weighted by Gasteiger charge is 2.11. The minimum atomic E-state index is -0.196. The van der Waals surface area contributed by atoms with Crippen LogP contribution >= 0.6 is 27.7 Å². The van der Waals surface area contributed by atoms with E-state index < -0.39 is 0 Å². The molecule has 0 N–H and O–H groups in total. The molecule has 0 spiro atoms. The molecule has 0 bridgehead atoms. The molecule has 0 fully saturated rings. The molecule has 0 aromatic heterocycles. The molecule has 1 atom stereocenters. The molecule has 96 valence electrons. The summed E-state index contributed by atoms with van der Waals surface area (Å²) in [4.78, 5) is 2.30. The van der Waals surface area contributed by atoms with E-state index in [1.807, 2.05) is 17.8 Å². The first kappa shape index (κ1) is 15.0. The van der Waals surface area contributed by atoms with Crippen molar-refractivity contribution in [1.82, 2.24) is 4.90 Å². The Kier molecular flexibility index (Phi) is 6.52. The lowest BCUT2D eigenvalue weighted by Gasteiger charge is -2.25. The molecule has 1 aromatic rings. The first-order valence-electron chi connectivity index (χ1n) is 5.67. The summed E-state index contributed by atoms with van der Waals surface area (Å²) in [6.07, 6.45) is 3.31. The van der Waals surface area contributed by atoms with Crippen LogP contribution in [0, 0.1) is 5.82 Å². The minimum Gasteiger partial charge on any atom is -0.299 e. The predicted molar refractivity (Wildman–Crippen MR) is 78.0 cm³/mol. The van der Waals surface area contributed by atoms with Crippen LogP contribution in [0.1, 0.15) is 18.9 Å². The van der Waals surface area contributed by atoms with Gasteiger partial charge in [0.15, 0.2) is 0 Å². The standard InChI is InChI=1S/C13H19BrFNS/c1-10(6-7-17-3)16(2)9-11-4-5-12(15)8-13(11)14/h4-5,8,10H,6-7,9H2,1-3H3. The van der Waals surface area contributed by atoms with Gasteiger partial charge in [0.05, 0.1) is 0 Å². The summed E-state index contributed by atoms with van der Waals surface area (Å²) >= 11 is 5.28. The van der Waals surface area contributed by atoms with Gasteiger partial charge in [-0.3, -0.25) is 4.90 Å². The number of thioether (sulfide) groups is 1. The van der Waals surface area contributed by atoms with Gasteiger partial charge in [0.25, 0.3) is 0 Å². The van der Waals surface area contributed by atoms with Gasteiger partial charge in [-0.1, -0.05) is 22.0 Å². The van der Waals surface area contributed by atoms with Crippen molar-refractivity contribution in [2.45, 2.75) is 25.9 Å². The highest BCUT2D eigenvalue weighted by atomic mass is 79.9. The molecule has 0 heterocycles. The van der Waals surface area contributed by atoms with Gasteiger partial charge in [0, 0.05) is 17.1 Å². The van der Waals surface area contributed by atoms with Crippen molar-refractivity contribution in [3.63, 3.8) is 0 Å². The number of halogens is 2. The fourth-order valence-electron chi connectivity index (χ4n) is 1.58. The number of nitrogens with zero attached hydrogens (tertiary/aromatic N) is 1. The Morgan fingerprint density at radius 3 is 2.76 bits per heavy atom. The molecule has 0 radical (unpaired) electrons. The van der Waals surface area contributed by atoms with E-state index in [0.29, 0.717) is 6.04 Å². The molecule has 0 amide bonds. The van der Waals surface area contributed by atoms with E-state index in [2.05, 4.69) is 41.1 Å². The molecule has 0 saturated heterocycles. The molecule has 0 aliphatic heterocycles. The van der Waals surface area contributed by atoms with Crippen molar-refractivity contribution in [3.8, 4) is 0 Å². The van der Waals surface area contributed by atoms with Gasteiger partial charge >= 0.3 is 0 Å². The maximum absolute atomic E-state index is 13.0. The molecule has 0 aliphatic rings. The van der Waals surface area contributed by atoms with Gasteiger partial charge in [-0.2, -0.15) is 11.8 Å². The fraction of sp³-hybridized carbons (Fsp3) is 0.538. The second kappa shape index (κ2) is 7.39. The molecule has 0 aliphatic carbocycles. The number of rotatable bonds is 6. The van der Waals surface area contributed by atoms with Crippen molar-refractivity contribution in [2.75, 3.05) is 19.1 Å². The van der Waals surface area contributed by atoms with E-state index >= 15 is 0 Å². The molecule has 1 nitrogen and oxygen atoms in total. The van der Waals surface area contributed by atoms with E-state index in [1.54, 1.807) is 0 Å². The highest BCUT2D eigenvalue weighted by Crippen LogP contribution is 2.20. The SMILES string of the molecule is CSCCC(C)N(C)Cc1ccc(F)cc1Br. The van der Waals surface area contributed by atoms with Crippen molar-refractivity contribution >= 4 is 27.7 Å². The normalized spacial score (nSPS) is 13.1. The van der Waals surface area contributed by atoms with Gasteiger partial charge in [-0.25, -0.2) is 4.39 Å². The monoisotopic (exact) mass is 319 g/mol. The average Bonchev–Trinajstić information content (AvgIpc) is 2.29. The smallest absolute Gasteiger partial charge is 0.124 e. The molecule has 1 rings (SSSR count). The van der Waals surface area contributed by atoms with E-state index in [-0.39, 0.29) is 5.82 Å². The Bertz CT molecular complexity index is 359. The maximum atomic E-state index is 13.0. The average molecular weight is 320 g/mol. The predicted octanol–water partition coefficient (Wildman–Crippen LogP) is 4.16. The Morgan fingerprint density at radius 2 is 2.18 bits per heavy atom. The maximum Gasteiger partial charge on any atom is 0.124 e. The zero-order valence-electron chi connectivity index (χ0n) is 10.5. The molecule has 1 unspecified atom stereocenters. The van der Waals surface area contributed by atoms with Crippen molar-refractivity contribution in [1.29, 1.82) is 0 Å². The molecule has 0 saturated carbocycles. The Balaban J connectivity index is 2.58. The molecular weight excluding hydrogens is 301 g/mol. The van der Waals surface area contributed by atoms with E-state index in [4.69, 9.17) is 0 Å². The van der Waals surface area contributed by atoms with Crippen LogP contribution < -0.4 is 0 Å². The Hall–Kier alpha value is -0.0600. The molecule has 1 aromatic carbocycles. The number of hydrogen-bond donors (Lipinski definition) is 0. The molecular formula is C13H19BrFNS. The van der Waals surface area contributed by atoms with Crippen LogP contribution in [0.2, 0.25) is 0 Å². The topological polar surface area (TPSA) is 3.24 Å². The highest BCUT2D eigenvalue weighted by molar-refractivity contribution is 9.10. The van der Waals surface area contributed by atoms with E-state index in [0.717, 1.165) is 16.6 Å². The summed E-state index contributed by atoms with van der Waals surface area (Å²) in [5.41, 5.74) is 1.13.